The normalized spacial score (nSPS) is 22.5. The van der Waals surface area contributed by atoms with Crippen molar-refractivity contribution in [3.05, 3.63) is 71.6 Å². The van der Waals surface area contributed by atoms with E-state index in [0.29, 0.717) is 5.69 Å². The first kappa shape index (κ1) is 17.0. The van der Waals surface area contributed by atoms with Crippen molar-refractivity contribution in [3.63, 3.8) is 0 Å². The number of hydrogen-bond acceptors (Lipinski definition) is 3. The molecule has 2 aliphatic rings. The summed E-state index contributed by atoms with van der Waals surface area (Å²) in [6, 6.07) is 18.2. The Morgan fingerprint density at radius 2 is 1.82 bits per heavy atom. The summed E-state index contributed by atoms with van der Waals surface area (Å²) in [6.45, 7) is 12.6. The fourth-order valence-electron chi connectivity index (χ4n) is 4.33. The zero-order valence-electron chi connectivity index (χ0n) is 15.9. The van der Waals surface area contributed by atoms with Gasteiger partial charge in [-0.2, -0.15) is 0 Å². The second-order valence-corrected chi connectivity index (χ2v) is 7.85. The Bertz CT molecular complexity index is 1020. The van der Waals surface area contributed by atoms with Crippen LogP contribution in [-0.2, 0) is 0 Å². The molecular formula is C23H23N5. The molecule has 2 aromatic carbocycles. The van der Waals surface area contributed by atoms with Crippen LogP contribution >= 0.6 is 0 Å². The second-order valence-electron chi connectivity index (χ2n) is 7.85. The van der Waals surface area contributed by atoms with Crippen LogP contribution in [0.2, 0.25) is 0 Å². The molecule has 0 spiro atoms. The number of aromatic nitrogens is 2. The molecule has 1 unspecified atom stereocenters. The Balaban J connectivity index is 1.45. The SMILES string of the molecule is [C-]#[N+]c1ccc(-n2nc(NCC3[C@H]4CNC[C@@H]34)cc2-c2ccc(C)cc2)cc1. The van der Waals surface area contributed by atoms with Crippen molar-refractivity contribution in [3.8, 4) is 16.9 Å². The molecule has 1 aliphatic carbocycles. The maximum absolute atomic E-state index is 7.16. The summed E-state index contributed by atoms with van der Waals surface area (Å²) < 4.78 is 1.97. The van der Waals surface area contributed by atoms with Crippen molar-refractivity contribution >= 4 is 11.5 Å². The molecule has 2 heterocycles. The minimum atomic E-state index is 0.639. The predicted molar refractivity (Wildman–Crippen MR) is 112 cm³/mol. The van der Waals surface area contributed by atoms with E-state index in [1.807, 2.05) is 28.9 Å². The molecule has 5 rings (SSSR count). The van der Waals surface area contributed by atoms with Gasteiger partial charge < -0.3 is 10.6 Å². The maximum Gasteiger partial charge on any atom is 0.187 e. The van der Waals surface area contributed by atoms with Crippen molar-refractivity contribution < 1.29 is 0 Å². The third-order valence-corrected chi connectivity index (χ3v) is 6.07. The van der Waals surface area contributed by atoms with Gasteiger partial charge in [-0.3, -0.25) is 0 Å². The zero-order chi connectivity index (χ0) is 19.1. The van der Waals surface area contributed by atoms with Gasteiger partial charge in [0.1, 0.15) is 5.82 Å². The molecule has 1 saturated carbocycles. The van der Waals surface area contributed by atoms with Crippen LogP contribution in [0.4, 0.5) is 11.5 Å². The molecule has 1 aliphatic heterocycles. The lowest BCUT2D eigenvalue weighted by molar-refractivity contribution is 0.614. The van der Waals surface area contributed by atoms with E-state index in [1.165, 1.54) is 5.56 Å². The average molecular weight is 369 g/mol. The van der Waals surface area contributed by atoms with Gasteiger partial charge in [0, 0.05) is 18.2 Å². The summed E-state index contributed by atoms with van der Waals surface area (Å²) in [6.07, 6.45) is 0. The van der Waals surface area contributed by atoms with Crippen molar-refractivity contribution in [2.75, 3.05) is 25.0 Å². The highest BCUT2D eigenvalue weighted by Gasteiger charge is 2.52. The average Bonchev–Trinajstić information content (AvgIpc) is 3.07. The Morgan fingerprint density at radius 1 is 1.11 bits per heavy atom. The van der Waals surface area contributed by atoms with E-state index >= 15 is 0 Å². The van der Waals surface area contributed by atoms with E-state index < -0.39 is 0 Å². The third kappa shape index (κ3) is 3.06. The van der Waals surface area contributed by atoms with Gasteiger partial charge in [0.2, 0.25) is 0 Å². The van der Waals surface area contributed by atoms with Crippen LogP contribution in [0.15, 0.2) is 54.6 Å². The molecule has 5 nitrogen and oxygen atoms in total. The lowest BCUT2D eigenvalue weighted by Gasteiger charge is -2.08. The van der Waals surface area contributed by atoms with Gasteiger partial charge in [-0.05, 0) is 49.9 Å². The molecule has 0 radical (unpaired) electrons. The summed E-state index contributed by atoms with van der Waals surface area (Å²) in [7, 11) is 0. The Morgan fingerprint density at radius 3 is 2.50 bits per heavy atom. The van der Waals surface area contributed by atoms with Gasteiger partial charge >= 0.3 is 0 Å². The molecule has 1 aromatic heterocycles. The number of nitrogens with one attached hydrogen (secondary N) is 2. The summed E-state index contributed by atoms with van der Waals surface area (Å²) >= 11 is 0. The van der Waals surface area contributed by atoms with E-state index in [1.54, 1.807) is 0 Å². The number of aryl methyl sites for hydroxylation is 1. The highest BCUT2D eigenvalue weighted by Crippen LogP contribution is 2.48. The highest BCUT2D eigenvalue weighted by atomic mass is 15.3. The fourth-order valence-corrected chi connectivity index (χ4v) is 4.33. The first-order valence-electron chi connectivity index (χ1n) is 9.82. The van der Waals surface area contributed by atoms with Crippen LogP contribution in [0.5, 0.6) is 0 Å². The minimum absolute atomic E-state index is 0.639. The number of hydrogen-bond donors (Lipinski definition) is 2. The Hall–Kier alpha value is -3.10. The highest BCUT2D eigenvalue weighted by molar-refractivity contribution is 5.67. The lowest BCUT2D eigenvalue weighted by atomic mass is 10.1. The van der Waals surface area contributed by atoms with Gasteiger partial charge in [-0.1, -0.05) is 42.0 Å². The van der Waals surface area contributed by atoms with Crippen LogP contribution in [0.3, 0.4) is 0 Å². The monoisotopic (exact) mass is 369 g/mol. The predicted octanol–water partition coefficient (Wildman–Crippen LogP) is 4.28. The van der Waals surface area contributed by atoms with Crippen LogP contribution in [0, 0.1) is 31.2 Å². The van der Waals surface area contributed by atoms with E-state index in [4.69, 9.17) is 11.7 Å². The summed E-state index contributed by atoms with van der Waals surface area (Å²) in [5, 5.41) is 11.9. The third-order valence-electron chi connectivity index (χ3n) is 6.07. The number of fused-ring (bicyclic) bond motifs is 1. The van der Waals surface area contributed by atoms with Crippen molar-refractivity contribution in [1.29, 1.82) is 0 Å². The van der Waals surface area contributed by atoms with Gasteiger partial charge in [0.25, 0.3) is 0 Å². The zero-order valence-corrected chi connectivity index (χ0v) is 15.9. The molecular weight excluding hydrogens is 346 g/mol. The number of nitrogens with zero attached hydrogens (tertiary/aromatic N) is 3. The van der Waals surface area contributed by atoms with Gasteiger partial charge in [-0.25, -0.2) is 9.53 Å². The van der Waals surface area contributed by atoms with Crippen LogP contribution in [0.1, 0.15) is 5.56 Å². The number of anilines is 1. The maximum atomic E-state index is 7.16. The molecule has 2 fully saturated rings. The number of benzene rings is 2. The van der Waals surface area contributed by atoms with Crippen molar-refractivity contribution in [1.82, 2.24) is 15.1 Å². The molecule has 0 amide bonds. The molecule has 3 aromatic rings. The smallest absolute Gasteiger partial charge is 0.187 e. The van der Waals surface area contributed by atoms with E-state index in [9.17, 15) is 0 Å². The van der Waals surface area contributed by atoms with E-state index in [2.05, 4.69) is 52.7 Å². The van der Waals surface area contributed by atoms with Gasteiger partial charge in [0.05, 0.1) is 18.0 Å². The van der Waals surface area contributed by atoms with Crippen LogP contribution < -0.4 is 10.6 Å². The van der Waals surface area contributed by atoms with E-state index in [-0.39, 0.29) is 0 Å². The summed E-state index contributed by atoms with van der Waals surface area (Å²) in [5.41, 5.74) is 5.02. The molecule has 140 valence electrons. The summed E-state index contributed by atoms with van der Waals surface area (Å²) in [4.78, 5) is 3.49. The van der Waals surface area contributed by atoms with Gasteiger partial charge in [0.15, 0.2) is 5.69 Å². The van der Waals surface area contributed by atoms with E-state index in [0.717, 1.165) is 60.2 Å². The second kappa shape index (κ2) is 6.81. The van der Waals surface area contributed by atoms with Crippen LogP contribution in [0.25, 0.3) is 21.8 Å². The first-order chi connectivity index (χ1) is 13.7. The molecule has 0 bridgehead atoms. The number of piperidine rings is 1. The fraction of sp³-hybridized carbons (Fsp3) is 0.304. The largest absolute Gasteiger partial charge is 0.368 e. The molecule has 1 saturated heterocycles. The standard InChI is InChI=1S/C23H23N5/c1-15-3-5-16(6-4-15)22-11-23(26-14-21-19-12-25-13-20(19)21)27-28(22)18-9-7-17(24-2)8-10-18/h3-11,19-21,25H,12-14H2,1H3,(H,26,27)/t19-,20+,21?. The Kier molecular flexibility index (Phi) is 4.14. The molecule has 2 N–H and O–H groups in total. The van der Waals surface area contributed by atoms with Crippen LogP contribution in [-0.4, -0.2) is 29.4 Å². The minimum Gasteiger partial charge on any atom is -0.368 e. The van der Waals surface area contributed by atoms with Crippen molar-refractivity contribution in [2.24, 2.45) is 17.8 Å². The van der Waals surface area contributed by atoms with Gasteiger partial charge in [-0.15, -0.1) is 5.10 Å². The number of rotatable bonds is 5. The molecule has 5 heteroatoms. The Labute approximate surface area is 165 Å². The first-order valence-corrected chi connectivity index (χ1v) is 9.82. The quantitative estimate of drug-likeness (QED) is 0.660. The molecule has 28 heavy (non-hydrogen) atoms. The topological polar surface area (TPSA) is 46.2 Å². The molecule has 3 atom stereocenters. The summed E-state index contributed by atoms with van der Waals surface area (Å²) in [5.74, 6) is 3.36. The van der Waals surface area contributed by atoms with Crippen molar-refractivity contribution in [2.45, 2.75) is 6.92 Å². The lowest BCUT2D eigenvalue weighted by Crippen LogP contribution is -2.18.